The van der Waals surface area contributed by atoms with Crippen molar-refractivity contribution >= 4 is 28.1 Å². The lowest BCUT2D eigenvalue weighted by Gasteiger charge is -2.44. The van der Waals surface area contributed by atoms with Crippen molar-refractivity contribution in [3.63, 3.8) is 0 Å². The molecule has 0 spiro atoms. The van der Waals surface area contributed by atoms with Crippen LogP contribution in [-0.4, -0.2) is 120 Å². The lowest BCUT2D eigenvalue weighted by Crippen LogP contribution is -2.61. The van der Waals surface area contributed by atoms with Gasteiger partial charge < -0.3 is 24.5 Å². The summed E-state index contributed by atoms with van der Waals surface area (Å²) in [6, 6.07) is -1.90. The molecule has 0 aromatic rings. The third kappa shape index (κ3) is 10.9. The number of amides is 4. The molecule has 4 atom stereocenters. The summed E-state index contributed by atoms with van der Waals surface area (Å²) in [6.07, 6.45) is 8.07. The second-order valence-corrected chi connectivity index (χ2v) is 16.2. The van der Waals surface area contributed by atoms with E-state index in [1.54, 1.807) is 4.90 Å². The summed E-state index contributed by atoms with van der Waals surface area (Å²) in [5.74, 6) is -0.478. The van der Waals surface area contributed by atoms with E-state index in [4.69, 9.17) is 13.9 Å². The zero-order valence-electron chi connectivity index (χ0n) is 30.4. The molecule has 0 aliphatic carbocycles. The van der Waals surface area contributed by atoms with E-state index in [9.17, 15) is 22.8 Å². The fourth-order valence-electron chi connectivity index (χ4n) is 7.03. The van der Waals surface area contributed by atoms with E-state index in [0.717, 1.165) is 63.2 Å². The van der Waals surface area contributed by atoms with Crippen molar-refractivity contribution in [3.8, 4) is 0 Å². The maximum atomic E-state index is 14.2. The molecule has 3 aliphatic heterocycles. The first-order valence-electron chi connectivity index (χ1n) is 18.0. The van der Waals surface area contributed by atoms with Crippen LogP contribution in [0.15, 0.2) is 0 Å². The van der Waals surface area contributed by atoms with E-state index in [1.807, 2.05) is 27.7 Å². The Morgan fingerprint density at radius 3 is 2.08 bits per heavy atom. The molecular weight excluding hydrogens is 642 g/mol. The molecule has 2 N–H and O–H groups in total. The van der Waals surface area contributed by atoms with Gasteiger partial charge in [0.15, 0.2) is 0 Å². The molecular formula is C33H63N5O9S. The number of hydroxylamine groups is 3. The van der Waals surface area contributed by atoms with E-state index in [1.165, 1.54) is 4.90 Å². The van der Waals surface area contributed by atoms with Crippen molar-refractivity contribution in [1.82, 2.24) is 20.3 Å². The van der Waals surface area contributed by atoms with Crippen molar-refractivity contribution in [2.45, 2.75) is 155 Å². The van der Waals surface area contributed by atoms with Gasteiger partial charge in [0, 0.05) is 19.5 Å². The molecule has 0 saturated carbocycles. The van der Waals surface area contributed by atoms with Crippen molar-refractivity contribution < 1.29 is 46.6 Å². The van der Waals surface area contributed by atoms with Crippen LogP contribution in [0.2, 0.25) is 0 Å². The predicted molar refractivity (Wildman–Crippen MR) is 181 cm³/mol. The van der Waals surface area contributed by atoms with Crippen LogP contribution in [0.1, 0.15) is 126 Å². The third-order valence-corrected chi connectivity index (χ3v) is 11.2. The van der Waals surface area contributed by atoms with Crippen LogP contribution in [0, 0.1) is 0 Å². The number of rotatable bonds is 18. The van der Waals surface area contributed by atoms with Gasteiger partial charge in [0.1, 0.15) is 17.7 Å². The maximum absolute atomic E-state index is 14.2. The minimum absolute atomic E-state index is 0. The largest absolute Gasteiger partial charge is 0.870 e. The Kier molecular flexibility index (Phi) is 16.3. The molecule has 3 saturated heterocycles. The average molecular weight is 706 g/mol. The first-order valence-corrected chi connectivity index (χ1v) is 19.5. The van der Waals surface area contributed by atoms with Crippen LogP contribution in [0.5, 0.6) is 0 Å². The SMILES string of the molecule is CCCC[N+](CCCC)(CCCC)C(CCC)S(=O)(=O)ON1C(=O)N2C[C@H]1CC[C@H]2C(=O)NO[C@@H]1CCCN(C(=O)OC(C)(C)C)C1.[OH-]. The van der Waals surface area contributed by atoms with E-state index in [2.05, 4.69) is 26.3 Å². The number of ether oxygens (including phenoxy) is 1. The number of carbonyl (C=O) groups is 3. The Hall–Kier alpha value is -2.20. The van der Waals surface area contributed by atoms with Gasteiger partial charge in [-0.25, -0.2) is 15.1 Å². The standard InChI is InChI=1S/C33H61N5O8S.H2O/c1-8-12-21-38(22-13-9-2,23-14-10-3)29(16-11-4)47(42,43)46-37-26-18-19-28(36(24-26)31(37)40)30(39)34-45-27-17-15-20-35(25-27)32(41)44-33(5,6)7;/h26-29H,8-25H2,1-7H3;1H2/t26-,27-,28+,29?;/m1./s1. The first kappa shape index (κ1) is 42.0. The number of urea groups is 1. The van der Waals surface area contributed by atoms with Crippen LogP contribution >= 0.6 is 0 Å². The van der Waals surface area contributed by atoms with Gasteiger partial charge in [-0.15, -0.1) is 4.28 Å². The number of quaternary nitrogens is 1. The molecule has 1 unspecified atom stereocenters. The molecule has 0 aromatic heterocycles. The van der Waals surface area contributed by atoms with Crippen LogP contribution in [0.25, 0.3) is 0 Å². The smallest absolute Gasteiger partial charge is 0.410 e. The lowest BCUT2D eigenvalue weighted by molar-refractivity contribution is -0.939. The molecule has 4 amide bonds. The summed E-state index contributed by atoms with van der Waals surface area (Å²) < 4.78 is 40.2. The summed E-state index contributed by atoms with van der Waals surface area (Å²) in [7, 11) is -4.19. The highest BCUT2D eigenvalue weighted by atomic mass is 32.2. The molecule has 48 heavy (non-hydrogen) atoms. The summed E-state index contributed by atoms with van der Waals surface area (Å²) in [4.78, 5) is 48.1. The predicted octanol–water partition coefficient (Wildman–Crippen LogP) is 5.13. The molecule has 0 aromatic carbocycles. The number of nitrogens with one attached hydrogen (secondary N) is 1. The van der Waals surface area contributed by atoms with Crippen molar-refractivity contribution in [2.24, 2.45) is 0 Å². The van der Waals surface area contributed by atoms with Gasteiger partial charge in [0.25, 0.3) is 5.91 Å². The van der Waals surface area contributed by atoms with E-state index in [-0.39, 0.29) is 18.6 Å². The van der Waals surface area contributed by atoms with Gasteiger partial charge in [-0.3, -0.25) is 9.63 Å². The minimum atomic E-state index is -4.19. The molecule has 14 nitrogen and oxygen atoms in total. The number of unbranched alkanes of at least 4 members (excludes halogenated alkanes) is 3. The van der Waals surface area contributed by atoms with Crippen LogP contribution in [0.4, 0.5) is 9.59 Å². The average Bonchev–Trinajstić information content (AvgIpc) is 3.25. The summed E-state index contributed by atoms with van der Waals surface area (Å²) in [6.45, 7) is 17.1. The third-order valence-electron chi connectivity index (χ3n) is 9.52. The Labute approximate surface area is 288 Å². The van der Waals surface area contributed by atoms with Gasteiger partial charge >= 0.3 is 22.2 Å². The Bertz CT molecular complexity index is 1130. The van der Waals surface area contributed by atoms with Crippen molar-refractivity contribution in [3.05, 3.63) is 0 Å². The highest BCUT2D eigenvalue weighted by Gasteiger charge is 2.53. The van der Waals surface area contributed by atoms with E-state index in [0.29, 0.717) is 49.6 Å². The van der Waals surface area contributed by atoms with Gasteiger partial charge in [-0.1, -0.05) is 47.0 Å². The Balaban J connectivity index is 0.00000800. The lowest BCUT2D eigenvalue weighted by atomic mass is 10.0. The number of carbonyl (C=O) groups excluding carboxylic acids is 3. The number of likely N-dealkylation sites (tertiary alicyclic amines) is 1. The quantitative estimate of drug-likeness (QED) is 0.150. The number of hydrogen-bond donors (Lipinski definition) is 1. The molecule has 15 heteroatoms. The molecule has 2 bridgehead atoms. The molecule has 3 heterocycles. The summed E-state index contributed by atoms with van der Waals surface area (Å²) >= 11 is 0. The van der Waals surface area contributed by atoms with Crippen molar-refractivity contribution in [2.75, 3.05) is 39.3 Å². The Morgan fingerprint density at radius 1 is 0.938 bits per heavy atom. The van der Waals surface area contributed by atoms with Gasteiger partial charge in [0.2, 0.25) is 5.37 Å². The number of hydrogen-bond acceptors (Lipinski definition) is 9. The highest BCUT2D eigenvalue weighted by molar-refractivity contribution is 7.87. The Morgan fingerprint density at radius 2 is 1.54 bits per heavy atom. The van der Waals surface area contributed by atoms with E-state index >= 15 is 0 Å². The second-order valence-electron chi connectivity index (χ2n) is 14.5. The summed E-state index contributed by atoms with van der Waals surface area (Å²) in [5.41, 5.74) is 1.90. The maximum Gasteiger partial charge on any atom is 0.410 e. The number of fused-ring (bicyclic) bond motifs is 2. The monoisotopic (exact) mass is 705 g/mol. The zero-order valence-corrected chi connectivity index (χ0v) is 31.3. The van der Waals surface area contributed by atoms with Crippen LogP contribution in [-0.2, 0) is 28.8 Å². The molecule has 280 valence electrons. The minimum Gasteiger partial charge on any atom is -0.870 e. The molecule has 3 rings (SSSR count). The van der Waals surface area contributed by atoms with Crippen molar-refractivity contribution in [1.29, 1.82) is 0 Å². The molecule has 3 fully saturated rings. The topological polar surface area (TPSA) is 165 Å². The van der Waals surface area contributed by atoms with Gasteiger partial charge in [0.05, 0.1) is 32.2 Å². The van der Waals surface area contributed by atoms with Gasteiger partial charge in [-0.2, -0.15) is 13.5 Å². The number of nitrogens with zero attached hydrogens (tertiary/aromatic N) is 4. The number of piperidine rings is 2. The first-order chi connectivity index (χ1) is 22.2. The fourth-order valence-corrected chi connectivity index (χ4v) is 8.92. The van der Waals surface area contributed by atoms with E-state index < -0.39 is 57.3 Å². The zero-order chi connectivity index (χ0) is 34.8. The van der Waals surface area contributed by atoms with Gasteiger partial charge in [-0.05, 0) is 72.1 Å². The second kappa shape index (κ2) is 18.7. The normalized spacial score (nSPS) is 22.4. The van der Waals surface area contributed by atoms with Crippen LogP contribution in [0.3, 0.4) is 0 Å². The molecule has 3 aliphatic rings. The summed E-state index contributed by atoms with van der Waals surface area (Å²) in [5, 5.41) is 0.240. The van der Waals surface area contributed by atoms with Crippen LogP contribution < -0.4 is 5.48 Å². The highest BCUT2D eigenvalue weighted by Crippen LogP contribution is 2.34. The molecule has 0 radical (unpaired) electrons. The fraction of sp³-hybridized carbons (Fsp3) is 0.909.